The summed E-state index contributed by atoms with van der Waals surface area (Å²) in [5.74, 6) is 0.857. The maximum Gasteiger partial charge on any atom is 0.312 e. The fourth-order valence-corrected chi connectivity index (χ4v) is 2.85. The third kappa shape index (κ3) is 4.45. The Morgan fingerprint density at radius 1 is 1.24 bits per heavy atom. The summed E-state index contributed by atoms with van der Waals surface area (Å²) in [5.41, 5.74) is 3.44. The molecule has 11 heteroatoms. The third-order valence-electron chi connectivity index (χ3n) is 4.29. The van der Waals surface area contributed by atoms with Crippen LogP contribution in [-0.2, 0) is 4.79 Å². The molecule has 156 valence electrons. The fraction of sp³-hybridized carbons (Fsp3) is 0.389. The number of carbonyl (C=O) groups excluding carboxylic acids is 1. The molecule has 1 aromatic carbocycles. The molecule has 0 aliphatic heterocycles. The molecule has 1 atom stereocenters. The Hall–Kier alpha value is -3.63. The van der Waals surface area contributed by atoms with Gasteiger partial charge in [-0.25, -0.2) is 5.43 Å². The van der Waals surface area contributed by atoms with Crippen molar-refractivity contribution in [3.05, 3.63) is 39.2 Å². The molecule has 0 aliphatic rings. The molecule has 1 unspecified atom stereocenters. The molecule has 29 heavy (non-hydrogen) atoms. The van der Waals surface area contributed by atoms with Gasteiger partial charge in [0, 0.05) is 5.56 Å². The van der Waals surface area contributed by atoms with Crippen LogP contribution < -0.4 is 19.6 Å². The number of carbonyl (C=O) groups is 1. The van der Waals surface area contributed by atoms with Gasteiger partial charge in [-0.15, -0.1) is 0 Å². The maximum absolute atomic E-state index is 12.4. The summed E-state index contributed by atoms with van der Waals surface area (Å²) in [5, 5.41) is 19.2. The summed E-state index contributed by atoms with van der Waals surface area (Å²) >= 11 is 0. The van der Waals surface area contributed by atoms with E-state index in [1.54, 1.807) is 26.0 Å². The Bertz CT molecular complexity index is 927. The summed E-state index contributed by atoms with van der Waals surface area (Å²) in [7, 11) is 4.49. The summed E-state index contributed by atoms with van der Waals surface area (Å²) in [6.07, 6.45) is 1.42. The molecule has 2 rings (SSSR count). The lowest BCUT2D eigenvalue weighted by atomic mass is 10.2. The highest BCUT2D eigenvalue weighted by Gasteiger charge is 2.26. The molecule has 0 spiro atoms. The Balaban J connectivity index is 2.18. The molecule has 2 aromatic rings. The van der Waals surface area contributed by atoms with E-state index in [0.29, 0.717) is 28.5 Å². The molecule has 0 saturated carbocycles. The van der Waals surface area contributed by atoms with Gasteiger partial charge in [0.15, 0.2) is 11.5 Å². The monoisotopic (exact) mass is 405 g/mol. The zero-order chi connectivity index (χ0) is 21.7. The van der Waals surface area contributed by atoms with Gasteiger partial charge in [0.1, 0.15) is 17.4 Å². The van der Waals surface area contributed by atoms with E-state index in [-0.39, 0.29) is 11.4 Å². The number of hydrogen-bond donors (Lipinski definition) is 1. The lowest BCUT2D eigenvalue weighted by Gasteiger charge is -2.13. The van der Waals surface area contributed by atoms with Crippen LogP contribution in [0.1, 0.15) is 29.9 Å². The number of hydrogen-bond acceptors (Lipinski definition) is 8. The predicted molar refractivity (Wildman–Crippen MR) is 105 cm³/mol. The average Bonchev–Trinajstić information content (AvgIpc) is 3.00. The van der Waals surface area contributed by atoms with Gasteiger partial charge in [-0.05, 0) is 32.9 Å². The largest absolute Gasteiger partial charge is 0.493 e. The number of aromatic nitrogens is 2. The van der Waals surface area contributed by atoms with E-state index in [1.165, 1.54) is 39.1 Å². The number of nitrogens with zero attached hydrogens (tertiary/aromatic N) is 4. The number of nitrogens with one attached hydrogen (secondary N) is 1. The van der Waals surface area contributed by atoms with Gasteiger partial charge >= 0.3 is 5.69 Å². The van der Waals surface area contributed by atoms with Crippen molar-refractivity contribution >= 4 is 17.8 Å². The van der Waals surface area contributed by atoms with Gasteiger partial charge in [-0.3, -0.25) is 19.6 Å². The predicted octanol–water partition coefficient (Wildman–Crippen LogP) is 2.15. The molecule has 1 N–H and O–H groups in total. The number of ether oxygens (including phenoxy) is 3. The second kappa shape index (κ2) is 9.04. The first-order chi connectivity index (χ1) is 13.7. The minimum Gasteiger partial charge on any atom is -0.493 e. The lowest BCUT2D eigenvalue weighted by molar-refractivity contribution is -0.386. The minimum atomic E-state index is -0.792. The maximum atomic E-state index is 12.4. The number of rotatable bonds is 8. The third-order valence-corrected chi connectivity index (χ3v) is 4.29. The number of nitro groups is 1. The standard InChI is InChI=1S/C18H23N5O6/c1-10-16(23(25)26)11(2)22(21-10)12(3)18(24)20-19-9-13-7-14(27-4)17(29-6)15(8-13)28-5/h7-9,12H,1-6H3,(H,20,24)/b19-9+. The number of benzene rings is 1. The van der Waals surface area contributed by atoms with Crippen LogP contribution in [0.25, 0.3) is 0 Å². The Morgan fingerprint density at radius 3 is 2.28 bits per heavy atom. The van der Waals surface area contributed by atoms with Crippen molar-refractivity contribution < 1.29 is 23.9 Å². The highest BCUT2D eigenvalue weighted by atomic mass is 16.6. The molecule has 11 nitrogen and oxygen atoms in total. The molecule has 0 radical (unpaired) electrons. The first-order valence-electron chi connectivity index (χ1n) is 8.58. The lowest BCUT2D eigenvalue weighted by Crippen LogP contribution is -2.28. The molecule has 0 bridgehead atoms. The van der Waals surface area contributed by atoms with E-state index < -0.39 is 16.9 Å². The number of hydrazone groups is 1. The fourth-order valence-electron chi connectivity index (χ4n) is 2.85. The van der Waals surface area contributed by atoms with Crippen molar-refractivity contribution in [1.82, 2.24) is 15.2 Å². The van der Waals surface area contributed by atoms with Crippen LogP contribution in [0.4, 0.5) is 5.69 Å². The van der Waals surface area contributed by atoms with Crippen molar-refractivity contribution in [1.29, 1.82) is 0 Å². The Kier molecular flexibility index (Phi) is 6.75. The van der Waals surface area contributed by atoms with Gasteiger partial charge in [0.05, 0.1) is 32.5 Å². The highest BCUT2D eigenvalue weighted by molar-refractivity contribution is 5.85. The Labute approximate surface area is 167 Å². The van der Waals surface area contributed by atoms with Crippen molar-refractivity contribution in [2.75, 3.05) is 21.3 Å². The number of amides is 1. The summed E-state index contributed by atoms with van der Waals surface area (Å²) in [6.45, 7) is 4.64. The number of methoxy groups -OCH3 is 3. The SMILES string of the molecule is COc1cc(/C=N/NC(=O)C(C)n2nc(C)c([N+](=O)[O-])c2C)cc(OC)c1OC. The van der Waals surface area contributed by atoms with Crippen molar-refractivity contribution in [2.45, 2.75) is 26.8 Å². The van der Waals surface area contributed by atoms with Crippen LogP contribution in [0.3, 0.4) is 0 Å². The van der Waals surface area contributed by atoms with Gasteiger partial charge in [0.2, 0.25) is 5.75 Å². The van der Waals surface area contributed by atoms with Crippen LogP contribution in [0, 0.1) is 24.0 Å². The van der Waals surface area contributed by atoms with E-state index in [2.05, 4.69) is 15.6 Å². The van der Waals surface area contributed by atoms with Gasteiger partial charge in [-0.1, -0.05) is 0 Å². The molecule has 0 aliphatic carbocycles. The average molecular weight is 405 g/mol. The molecule has 1 heterocycles. The molecular formula is C18H23N5O6. The summed E-state index contributed by atoms with van der Waals surface area (Å²) in [6, 6.07) is 2.55. The van der Waals surface area contributed by atoms with Crippen molar-refractivity contribution in [3.63, 3.8) is 0 Å². The van der Waals surface area contributed by atoms with Gasteiger partial charge < -0.3 is 14.2 Å². The topological polar surface area (TPSA) is 130 Å². The number of aryl methyl sites for hydroxylation is 1. The zero-order valence-electron chi connectivity index (χ0n) is 17.0. The van der Waals surface area contributed by atoms with E-state index in [0.717, 1.165) is 0 Å². The van der Waals surface area contributed by atoms with E-state index >= 15 is 0 Å². The first kappa shape index (κ1) is 21.7. The van der Waals surface area contributed by atoms with Crippen LogP contribution in [0.5, 0.6) is 17.2 Å². The molecule has 0 saturated heterocycles. The zero-order valence-corrected chi connectivity index (χ0v) is 17.0. The molecular weight excluding hydrogens is 382 g/mol. The van der Waals surface area contributed by atoms with Crippen LogP contribution in [-0.4, -0.2) is 48.2 Å². The van der Waals surface area contributed by atoms with E-state index in [4.69, 9.17) is 14.2 Å². The second-order valence-electron chi connectivity index (χ2n) is 6.09. The second-order valence-corrected chi connectivity index (χ2v) is 6.09. The summed E-state index contributed by atoms with van der Waals surface area (Å²) < 4.78 is 17.1. The van der Waals surface area contributed by atoms with Gasteiger partial charge in [0.25, 0.3) is 5.91 Å². The van der Waals surface area contributed by atoms with Crippen LogP contribution in [0.2, 0.25) is 0 Å². The quantitative estimate of drug-likeness (QED) is 0.404. The highest BCUT2D eigenvalue weighted by Crippen LogP contribution is 2.37. The molecule has 1 amide bonds. The molecule has 0 fully saturated rings. The van der Waals surface area contributed by atoms with E-state index in [1.807, 2.05) is 0 Å². The normalized spacial score (nSPS) is 11.9. The smallest absolute Gasteiger partial charge is 0.312 e. The molecule has 1 aromatic heterocycles. The van der Waals surface area contributed by atoms with Gasteiger partial charge in [-0.2, -0.15) is 10.2 Å². The van der Waals surface area contributed by atoms with Crippen LogP contribution >= 0.6 is 0 Å². The van der Waals surface area contributed by atoms with E-state index in [9.17, 15) is 14.9 Å². The van der Waals surface area contributed by atoms with Crippen LogP contribution in [0.15, 0.2) is 17.2 Å². The minimum absolute atomic E-state index is 0.106. The first-order valence-corrected chi connectivity index (χ1v) is 8.58. The summed E-state index contributed by atoms with van der Waals surface area (Å²) in [4.78, 5) is 23.0. The van der Waals surface area contributed by atoms with Crippen molar-refractivity contribution in [3.8, 4) is 17.2 Å². The van der Waals surface area contributed by atoms with Crippen molar-refractivity contribution in [2.24, 2.45) is 5.10 Å². The Morgan fingerprint density at radius 2 is 1.83 bits per heavy atom.